The van der Waals surface area contributed by atoms with Crippen LogP contribution < -0.4 is 21.3 Å². The van der Waals surface area contributed by atoms with Crippen molar-refractivity contribution in [3.63, 3.8) is 0 Å². The average molecular weight is 539 g/mol. The molecular formula is C30H34N8O2. The minimum atomic E-state index is -0.255. The standard InChI is InChI=1S/C30H34N8O2/c1-19-8-3-12-23-25(19)27(35-33-23)37(16-6-14-31)29(39)21-10-5-11-22(18-21)30(40)38(17-7-15-32)28-26-20(2)9-4-13-24(26)34-36-28/h3-5,8-13,18H,6-7,14-17,31-32H2,1-2H3,(H,33,35)(H,34,36). The van der Waals surface area contributed by atoms with Crippen molar-refractivity contribution in [1.82, 2.24) is 20.4 Å². The molecule has 6 N–H and O–H groups in total. The lowest BCUT2D eigenvalue weighted by Crippen LogP contribution is -2.35. The van der Waals surface area contributed by atoms with Gasteiger partial charge < -0.3 is 11.5 Å². The van der Waals surface area contributed by atoms with Gasteiger partial charge in [0.1, 0.15) is 0 Å². The molecule has 206 valence electrons. The minimum Gasteiger partial charge on any atom is -0.330 e. The Bertz CT molecular complexity index is 1550. The molecule has 0 radical (unpaired) electrons. The van der Waals surface area contributed by atoms with Crippen LogP contribution >= 0.6 is 0 Å². The Morgan fingerprint density at radius 3 is 1.55 bits per heavy atom. The maximum atomic E-state index is 13.9. The number of hydrogen-bond acceptors (Lipinski definition) is 6. The fourth-order valence-electron chi connectivity index (χ4n) is 5.05. The van der Waals surface area contributed by atoms with Crippen LogP contribution in [0.5, 0.6) is 0 Å². The molecule has 0 aliphatic heterocycles. The monoisotopic (exact) mass is 538 g/mol. The lowest BCUT2D eigenvalue weighted by molar-refractivity contribution is 0.0985. The van der Waals surface area contributed by atoms with E-state index in [9.17, 15) is 9.59 Å². The summed E-state index contributed by atoms with van der Waals surface area (Å²) < 4.78 is 0. The van der Waals surface area contributed by atoms with Gasteiger partial charge in [-0.3, -0.25) is 29.6 Å². The van der Waals surface area contributed by atoms with E-state index in [2.05, 4.69) is 20.4 Å². The summed E-state index contributed by atoms with van der Waals surface area (Å²) in [5.74, 6) is 0.585. The summed E-state index contributed by atoms with van der Waals surface area (Å²) >= 11 is 0. The predicted molar refractivity (Wildman–Crippen MR) is 159 cm³/mol. The number of rotatable bonds is 10. The molecule has 0 atom stereocenters. The van der Waals surface area contributed by atoms with Gasteiger partial charge in [-0.1, -0.05) is 30.3 Å². The fraction of sp³-hybridized carbons (Fsp3) is 0.267. The quantitative estimate of drug-likeness (QED) is 0.211. The first kappa shape index (κ1) is 27.0. The lowest BCUT2D eigenvalue weighted by Gasteiger charge is -2.23. The molecule has 2 aromatic heterocycles. The summed E-state index contributed by atoms with van der Waals surface area (Å²) in [6.45, 7) is 5.62. The van der Waals surface area contributed by atoms with Gasteiger partial charge in [0.05, 0.1) is 11.0 Å². The number of benzene rings is 3. The van der Waals surface area contributed by atoms with E-state index in [1.807, 2.05) is 50.2 Å². The van der Waals surface area contributed by atoms with Gasteiger partial charge in [0, 0.05) is 35.0 Å². The Kier molecular flexibility index (Phi) is 7.90. The normalized spacial score (nSPS) is 11.3. The number of carbonyl (C=O) groups excluding carboxylic acids is 2. The highest BCUT2D eigenvalue weighted by Crippen LogP contribution is 2.30. The van der Waals surface area contributed by atoms with Crippen molar-refractivity contribution in [1.29, 1.82) is 0 Å². The van der Waals surface area contributed by atoms with E-state index in [-0.39, 0.29) is 11.8 Å². The van der Waals surface area contributed by atoms with Gasteiger partial charge in [0.15, 0.2) is 11.6 Å². The van der Waals surface area contributed by atoms with Gasteiger partial charge in [-0.25, -0.2) is 0 Å². The summed E-state index contributed by atoms with van der Waals surface area (Å²) in [6, 6.07) is 18.5. The van der Waals surface area contributed by atoms with Crippen molar-refractivity contribution < 1.29 is 9.59 Å². The fourth-order valence-corrected chi connectivity index (χ4v) is 5.05. The van der Waals surface area contributed by atoms with Crippen LogP contribution in [0.1, 0.15) is 44.7 Å². The zero-order valence-electron chi connectivity index (χ0n) is 22.8. The van der Waals surface area contributed by atoms with Gasteiger partial charge in [-0.15, -0.1) is 0 Å². The number of fused-ring (bicyclic) bond motifs is 2. The Morgan fingerprint density at radius 2 is 1.12 bits per heavy atom. The van der Waals surface area contributed by atoms with Crippen LogP contribution in [-0.4, -0.2) is 58.4 Å². The van der Waals surface area contributed by atoms with E-state index in [0.717, 1.165) is 32.9 Å². The molecule has 0 fully saturated rings. The topological polar surface area (TPSA) is 150 Å². The number of amides is 2. The minimum absolute atomic E-state index is 0.255. The van der Waals surface area contributed by atoms with E-state index >= 15 is 0 Å². The molecule has 0 saturated carbocycles. The summed E-state index contributed by atoms with van der Waals surface area (Å²) in [7, 11) is 0. The summed E-state index contributed by atoms with van der Waals surface area (Å²) in [4.78, 5) is 31.2. The third-order valence-electron chi connectivity index (χ3n) is 7.09. The van der Waals surface area contributed by atoms with E-state index in [1.54, 1.807) is 34.1 Å². The molecule has 5 aromatic rings. The third kappa shape index (κ3) is 5.06. The number of aromatic amines is 2. The summed E-state index contributed by atoms with van der Waals surface area (Å²) in [5.41, 5.74) is 16.1. The van der Waals surface area contributed by atoms with Crippen molar-refractivity contribution in [2.45, 2.75) is 26.7 Å². The number of hydrogen-bond donors (Lipinski definition) is 4. The number of carbonyl (C=O) groups is 2. The van der Waals surface area contributed by atoms with Gasteiger partial charge >= 0.3 is 0 Å². The van der Waals surface area contributed by atoms with Crippen LogP contribution in [0.15, 0.2) is 60.7 Å². The van der Waals surface area contributed by atoms with E-state index in [0.29, 0.717) is 61.8 Å². The molecule has 2 amide bonds. The van der Waals surface area contributed by atoms with Crippen molar-refractivity contribution in [3.8, 4) is 0 Å². The van der Waals surface area contributed by atoms with Crippen LogP contribution in [0.3, 0.4) is 0 Å². The molecule has 3 aromatic carbocycles. The molecule has 0 spiro atoms. The number of anilines is 2. The number of nitrogens with one attached hydrogen (secondary N) is 2. The first-order chi connectivity index (χ1) is 19.4. The molecule has 40 heavy (non-hydrogen) atoms. The molecule has 0 aliphatic carbocycles. The highest BCUT2D eigenvalue weighted by atomic mass is 16.2. The zero-order chi connectivity index (χ0) is 28.2. The number of nitrogens with zero attached hydrogens (tertiary/aromatic N) is 4. The van der Waals surface area contributed by atoms with Gasteiger partial charge in [0.2, 0.25) is 0 Å². The first-order valence-electron chi connectivity index (χ1n) is 13.5. The zero-order valence-corrected chi connectivity index (χ0v) is 22.8. The number of nitrogens with two attached hydrogens (primary N) is 2. The molecule has 5 rings (SSSR count). The highest BCUT2D eigenvalue weighted by molar-refractivity contribution is 6.13. The molecule has 0 bridgehead atoms. The SMILES string of the molecule is Cc1cccc2[nH]nc(N(CCCN)C(=O)c3cccc(C(=O)N(CCCN)c4n[nH]c5cccc(C)c45)c3)c12. The van der Waals surface area contributed by atoms with Crippen molar-refractivity contribution in [2.75, 3.05) is 36.0 Å². The molecule has 0 saturated heterocycles. The smallest absolute Gasteiger partial charge is 0.259 e. The largest absolute Gasteiger partial charge is 0.330 e. The summed E-state index contributed by atoms with van der Waals surface area (Å²) in [6.07, 6.45) is 1.20. The van der Waals surface area contributed by atoms with Crippen LogP contribution in [0.25, 0.3) is 21.8 Å². The second-order valence-corrected chi connectivity index (χ2v) is 9.87. The Morgan fingerprint density at radius 1 is 0.700 bits per heavy atom. The van der Waals surface area contributed by atoms with Crippen LogP contribution in [0, 0.1) is 13.8 Å². The maximum Gasteiger partial charge on any atom is 0.259 e. The number of H-pyrrole nitrogens is 2. The van der Waals surface area contributed by atoms with Crippen LogP contribution in [-0.2, 0) is 0 Å². The van der Waals surface area contributed by atoms with Gasteiger partial charge in [-0.05, 0) is 81.2 Å². The molecular weight excluding hydrogens is 504 g/mol. The predicted octanol–water partition coefficient (Wildman–Crippen LogP) is 4.05. The molecule has 2 heterocycles. The first-order valence-corrected chi connectivity index (χ1v) is 13.5. The third-order valence-corrected chi connectivity index (χ3v) is 7.09. The van der Waals surface area contributed by atoms with E-state index < -0.39 is 0 Å². The highest BCUT2D eigenvalue weighted by Gasteiger charge is 2.26. The number of aromatic nitrogens is 4. The van der Waals surface area contributed by atoms with E-state index in [4.69, 9.17) is 11.5 Å². The van der Waals surface area contributed by atoms with Crippen molar-refractivity contribution >= 4 is 45.3 Å². The maximum absolute atomic E-state index is 13.9. The average Bonchev–Trinajstić information content (AvgIpc) is 3.60. The molecule has 10 heteroatoms. The molecule has 10 nitrogen and oxygen atoms in total. The summed E-state index contributed by atoms with van der Waals surface area (Å²) in [5, 5.41) is 16.8. The van der Waals surface area contributed by atoms with Crippen molar-refractivity contribution in [2.24, 2.45) is 11.5 Å². The lowest BCUT2D eigenvalue weighted by atomic mass is 10.1. The van der Waals surface area contributed by atoms with Crippen LogP contribution in [0.4, 0.5) is 11.6 Å². The molecule has 0 aliphatic rings. The second-order valence-electron chi connectivity index (χ2n) is 9.87. The van der Waals surface area contributed by atoms with Crippen LogP contribution in [0.2, 0.25) is 0 Å². The molecule has 0 unspecified atom stereocenters. The Balaban J connectivity index is 1.52. The van der Waals surface area contributed by atoms with Gasteiger partial charge in [-0.2, -0.15) is 10.2 Å². The van der Waals surface area contributed by atoms with Crippen molar-refractivity contribution in [3.05, 3.63) is 82.9 Å². The Hall–Kier alpha value is -4.54. The number of aryl methyl sites for hydroxylation is 2. The Labute approximate surface area is 232 Å². The van der Waals surface area contributed by atoms with E-state index in [1.165, 1.54) is 0 Å². The second kappa shape index (κ2) is 11.7. The van der Waals surface area contributed by atoms with Gasteiger partial charge in [0.25, 0.3) is 11.8 Å².